The number of rotatable bonds is 6. The fraction of sp³-hybridized carbons (Fsp3) is 0.286. The molecule has 1 aliphatic heterocycles. The van der Waals surface area contributed by atoms with Crippen LogP contribution in [0.15, 0.2) is 60.9 Å². The molecule has 0 atom stereocenters. The number of carbonyl (C=O) groups excluding carboxylic acids is 1. The van der Waals surface area contributed by atoms with Crippen molar-refractivity contribution in [1.29, 1.82) is 0 Å². The SMILES string of the molecule is O=C(c1cc(COc2ccccc2)[nH]n1)N1CCN(Cc2cccnc2)CC1. The third-order valence-electron chi connectivity index (χ3n) is 4.78. The molecule has 2 aromatic heterocycles. The van der Waals surface area contributed by atoms with Gasteiger partial charge in [-0.3, -0.25) is 19.8 Å². The molecule has 7 nitrogen and oxygen atoms in total. The predicted molar refractivity (Wildman–Crippen MR) is 105 cm³/mol. The molecular formula is C21H23N5O2. The minimum Gasteiger partial charge on any atom is -0.487 e. The molecule has 3 aromatic rings. The maximum Gasteiger partial charge on any atom is 0.274 e. The van der Waals surface area contributed by atoms with Gasteiger partial charge in [-0.25, -0.2) is 0 Å². The second-order valence-corrected chi connectivity index (χ2v) is 6.81. The number of nitrogens with zero attached hydrogens (tertiary/aromatic N) is 4. The lowest BCUT2D eigenvalue weighted by molar-refractivity contribution is 0.0622. The number of carbonyl (C=O) groups is 1. The Morgan fingerprint density at radius 3 is 2.64 bits per heavy atom. The van der Waals surface area contributed by atoms with Gasteiger partial charge in [0.15, 0.2) is 5.69 Å². The third kappa shape index (κ3) is 4.55. The summed E-state index contributed by atoms with van der Waals surface area (Å²) in [7, 11) is 0. The molecule has 4 rings (SSSR count). The first-order valence-corrected chi connectivity index (χ1v) is 9.40. The summed E-state index contributed by atoms with van der Waals surface area (Å²) in [6.07, 6.45) is 3.67. The largest absolute Gasteiger partial charge is 0.487 e. The van der Waals surface area contributed by atoms with Crippen molar-refractivity contribution in [1.82, 2.24) is 25.0 Å². The van der Waals surface area contributed by atoms with E-state index in [9.17, 15) is 4.79 Å². The van der Waals surface area contributed by atoms with Gasteiger partial charge in [0.25, 0.3) is 5.91 Å². The minimum atomic E-state index is -0.0387. The van der Waals surface area contributed by atoms with Crippen LogP contribution in [0.4, 0.5) is 0 Å². The lowest BCUT2D eigenvalue weighted by Gasteiger charge is -2.34. The number of ether oxygens (including phenoxy) is 1. The number of para-hydroxylation sites is 1. The quantitative estimate of drug-likeness (QED) is 0.714. The van der Waals surface area contributed by atoms with Gasteiger partial charge >= 0.3 is 0 Å². The van der Waals surface area contributed by atoms with Gasteiger partial charge in [0.05, 0.1) is 5.69 Å². The van der Waals surface area contributed by atoms with Crippen LogP contribution in [-0.4, -0.2) is 57.1 Å². The summed E-state index contributed by atoms with van der Waals surface area (Å²) in [5.74, 6) is 0.748. The van der Waals surface area contributed by atoms with E-state index in [1.165, 1.54) is 5.56 Å². The normalized spacial score (nSPS) is 14.8. The van der Waals surface area contributed by atoms with E-state index in [1.54, 1.807) is 12.3 Å². The second-order valence-electron chi connectivity index (χ2n) is 6.81. The number of aromatic amines is 1. The minimum absolute atomic E-state index is 0.0387. The summed E-state index contributed by atoms with van der Waals surface area (Å²) in [6, 6.07) is 15.4. The molecule has 0 aliphatic carbocycles. The molecule has 28 heavy (non-hydrogen) atoms. The van der Waals surface area contributed by atoms with E-state index in [1.807, 2.05) is 47.5 Å². The van der Waals surface area contributed by atoms with E-state index < -0.39 is 0 Å². The Balaban J connectivity index is 1.28. The molecule has 1 fully saturated rings. The average molecular weight is 377 g/mol. The molecule has 7 heteroatoms. The van der Waals surface area contributed by atoms with Crippen LogP contribution in [0.25, 0.3) is 0 Å². The van der Waals surface area contributed by atoms with Crippen LogP contribution in [0.5, 0.6) is 5.75 Å². The first-order chi connectivity index (χ1) is 13.8. The summed E-state index contributed by atoms with van der Waals surface area (Å²) < 4.78 is 5.69. The van der Waals surface area contributed by atoms with E-state index >= 15 is 0 Å². The summed E-state index contributed by atoms with van der Waals surface area (Å²) in [5.41, 5.74) is 2.41. The molecule has 1 N–H and O–H groups in total. The summed E-state index contributed by atoms with van der Waals surface area (Å²) in [5, 5.41) is 7.07. The zero-order chi connectivity index (χ0) is 19.2. The molecule has 1 aliphatic rings. The van der Waals surface area contributed by atoms with Gasteiger partial charge in [0.1, 0.15) is 12.4 Å². The number of aromatic nitrogens is 3. The zero-order valence-corrected chi connectivity index (χ0v) is 15.6. The summed E-state index contributed by atoms with van der Waals surface area (Å²) in [4.78, 5) is 21.1. The lowest BCUT2D eigenvalue weighted by atomic mass is 10.2. The van der Waals surface area contributed by atoms with E-state index in [2.05, 4.69) is 26.1 Å². The second kappa shape index (κ2) is 8.67. The monoisotopic (exact) mass is 377 g/mol. The molecule has 0 radical (unpaired) electrons. The summed E-state index contributed by atoms with van der Waals surface area (Å²) in [6.45, 7) is 4.29. The number of benzene rings is 1. The van der Waals surface area contributed by atoms with Crippen molar-refractivity contribution in [3.8, 4) is 5.75 Å². The van der Waals surface area contributed by atoms with E-state index in [0.29, 0.717) is 25.4 Å². The van der Waals surface area contributed by atoms with Crippen molar-refractivity contribution in [3.63, 3.8) is 0 Å². The number of nitrogens with one attached hydrogen (secondary N) is 1. The van der Waals surface area contributed by atoms with Crippen LogP contribution >= 0.6 is 0 Å². The van der Waals surface area contributed by atoms with Crippen molar-refractivity contribution >= 4 is 5.91 Å². The highest BCUT2D eigenvalue weighted by Crippen LogP contribution is 2.13. The van der Waals surface area contributed by atoms with Crippen molar-refractivity contribution < 1.29 is 9.53 Å². The van der Waals surface area contributed by atoms with Crippen LogP contribution in [0, 0.1) is 0 Å². The predicted octanol–water partition coefficient (Wildman–Crippen LogP) is 2.34. The standard InChI is InChI=1S/C21H23N5O2/c27-21(20-13-18(23-24-20)16-28-19-6-2-1-3-7-19)26-11-9-25(10-12-26)15-17-5-4-8-22-14-17/h1-8,13-14H,9-12,15-16H2,(H,23,24). The number of piperazine rings is 1. The highest BCUT2D eigenvalue weighted by Gasteiger charge is 2.24. The number of hydrogen-bond acceptors (Lipinski definition) is 5. The molecule has 0 unspecified atom stereocenters. The van der Waals surface area contributed by atoms with E-state index in [0.717, 1.165) is 31.1 Å². The van der Waals surface area contributed by atoms with E-state index in [4.69, 9.17) is 4.74 Å². The van der Waals surface area contributed by atoms with Crippen molar-refractivity contribution in [2.24, 2.45) is 0 Å². The molecule has 1 amide bonds. The molecule has 3 heterocycles. The summed E-state index contributed by atoms with van der Waals surface area (Å²) >= 11 is 0. The Labute approximate surface area is 164 Å². The van der Waals surface area contributed by atoms with Crippen LogP contribution in [0.1, 0.15) is 21.7 Å². The van der Waals surface area contributed by atoms with Gasteiger partial charge in [-0.1, -0.05) is 24.3 Å². The van der Waals surface area contributed by atoms with Gasteiger partial charge in [0, 0.05) is 45.1 Å². The van der Waals surface area contributed by atoms with Crippen LogP contribution in [0.2, 0.25) is 0 Å². The first kappa shape index (κ1) is 18.2. The van der Waals surface area contributed by atoms with Crippen molar-refractivity contribution in [3.05, 3.63) is 77.9 Å². The molecule has 144 valence electrons. The number of amides is 1. The van der Waals surface area contributed by atoms with Crippen molar-refractivity contribution in [2.75, 3.05) is 26.2 Å². The smallest absolute Gasteiger partial charge is 0.274 e. The fourth-order valence-electron chi connectivity index (χ4n) is 3.24. The number of hydrogen-bond donors (Lipinski definition) is 1. The highest BCUT2D eigenvalue weighted by molar-refractivity contribution is 5.92. The average Bonchev–Trinajstić information content (AvgIpc) is 3.23. The Morgan fingerprint density at radius 1 is 1.07 bits per heavy atom. The van der Waals surface area contributed by atoms with Gasteiger partial charge in [0.2, 0.25) is 0 Å². The van der Waals surface area contributed by atoms with Crippen LogP contribution in [-0.2, 0) is 13.2 Å². The van der Waals surface area contributed by atoms with E-state index in [-0.39, 0.29) is 5.91 Å². The van der Waals surface area contributed by atoms with Gasteiger partial charge in [-0.05, 0) is 29.8 Å². The third-order valence-corrected chi connectivity index (χ3v) is 4.78. The van der Waals surface area contributed by atoms with Crippen LogP contribution < -0.4 is 4.74 Å². The molecular weight excluding hydrogens is 354 g/mol. The maximum atomic E-state index is 12.7. The van der Waals surface area contributed by atoms with Crippen LogP contribution in [0.3, 0.4) is 0 Å². The Morgan fingerprint density at radius 2 is 1.89 bits per heavy atom. The molecule has 1 saturated heterocycles. The molecule has 0 spiro atoms. The molecule has 0 bridgehead atoms. The molecule has 0 saturated carbocycles. The number of H-pyrrole nitrogens is 1. The maximum absolute atomic E-state index is 12.7. The Hall–Kier alpha value is -3.19. The van der Waals surface area contributed by atoms with Gasteiger partial charge < -0.3 is 9.64 Å². The number of pyridine rings is 1. The van der Waals surface area contributed by atoms with Gasteiger partial charge in [-0.2, -0.15) is 5.10 Å². The Kier molecular flexibility index (Phi) is 5.63. The molecule has 1 aromatic carbocycles. The highest BCUT2D eigenvalue weighted by atomic mass is 16.5. The fourth-order valence-corrected chi connectivity index (χ4v) is 3.24. The van der Waals surface area contributed by atoms with Crippen molar-refractivity contribution in [2.45, 2.75) is 13.2 Å². The lowest BCUT2D eigenvalue weighted by Crippen LogP contribution is -2.48. The topological polar surface area (TPSA) is 74.4 Å². The first-order valence-electron chi connectivity index (χ1n) is 9.40. The van der Waals surface area contributed by atoms with Gasteiger partial charge in [-0.15, -0.1) is 0 Å². The zero-order valence-electron chi connectivity index (χ0n) is 15.6. The Bertz CT molecular complexity index is 889.